The first-order valence-electron chi connectivity index (χ1n) is 43.4. The van der Waals surface area contributed by atoms with Crippen LogP contribution >= 0.6 is 0 Å². The molecule has 0 heterocycles. The summed E-state index contributed by atoms with van der Waals surface area (Å²) in [6, 6.07) is 0. The Bertz CT molecular complexity index is 1380. The smallest absolute Gasteiger partial charge is 0.309 e. The van der Waals surface area contributed by atoms with Crippen LogP contribution in [0.15, 0.2) is 0 Å². The summed E-state index contributed by atoms with van der Waals surface area (Å²) in [6.07, 6.45) is 102. The molecule has 544 valence electrons. The van der Waals surface area contributed by atoms with E-state index in [1.165, 1.54) is 437 Å². The Kier molecular flexibility index (Phi) is 70.1. The molecule has 3 N–H and O–H groups in total. The van der Waals surface area contributed by atoms with Gasteiger partial charge in [-0.2, -0.15) is 0 Å². The molecule has 0 unspecified atom stereocenters. The summed E-state index contributed by atoms with van der Waals surface area (Å²) < 4.78 is 0. The Morgan fingerprint density at radius 3 is 0.747 bits per heavy atom. The van der Waals surface area contributed by atoms with E-state index in [1.54, 1.807) is 0 Å². The fraction of sp³-hybridized carbons (Fsp3) is 0.989. The van der Waals surface area contributed by atoms with Crippen LogP contribution in [0.25, 0.3) is 0 Å². The Hall–Kier alpha value is -0.610. The van der Waals surface area contributed by atoms with Gasteiger partial charge < -0.3 is 15.3 Å². The number of carbonyl (C=O) groups is 1. The first-order valence-corrected chi connectivity index (χ1v) is 43.4. The second-order valence-electron chi connectivity index (χ2n) is 31.8. The van der Waals surface area contributed by atoms with Crippen molar-refractivity contribution in [1.29, 1.82) is 0 Å². The molecule has 1 rings (SSSR count). The first kappa shape index (κ1) is 88.4. The molecule has 7 atom stereocenters. The summed E-state index contributed by atoms with van der Waals surface area (Å²) in [5, 5.41) is 31.3. The highest BCUT2D eigenvalue weighted by atomic mass is 16.4. The minimum Gasteiger partial charge on any atom is -0.481 e. The van der Waals surface area contributed by atoms with E-state index < -0.39 is 18.0 Å². The number of unbranched alkanes of at least 4 members (excludes halogenated alkanes) is 64. The molecule has 0 aromatic heterocycles. The Balaban J connectivity index is 1.77. The third kappa shape index (κ3) is 63.9. The number of hydrogen-bond donors (Lipinski definition) is 3. The largest absolute Gasteiger partial charge is 0.481 e. The van der Waals surface area contributed by atoms with E-state index in [2.05, 4.69) is 27.7 Å². The van der Waals surface area contributed by atoms with Gasteiger partial charge in [0.15, 0.2) is 0 Å². The molecule has 0 aromatic rings. The maximum absolute atomic E-state index is 12.0. The van der Waals surface area contributed by atoms with E-state index >= 15 is 0 Å². The number of aliphatic hydroxyl groups is 2. The molecule has 0 bridgehead atoms. The van der Waals surface area contributed by atoms with Crippen LogP contribution in [0, 0.1) is 29.6 Å². The molecule has 0 amide bonds. The molecule has 0 aliphatic heterocycles. The molecule has 0 radical (unpaired) electrons. The van der Waals surface area contributed by atoms with Crippen LogP contribution in [0.1, 0.15) is 509 Å². The molecular weight excluding hydrogens is 1110 g/mol. The number of hydrogen-bond acceptors (Lipinski definition) is 3. The number of carboxylic acid groups (broad SMARTS) is 1. The normalized spacial score (nSPS) is 15.8. The third-order valence-corrected chi connectivity index (χ3v) is 22.8. The van der Waals surface area contributed by atoms with Gasteiger partial charge in [0, 0.05) is 0 Å². The molecule has 1 aliphatic carbocycles. The minimum absolute atomic E-state index is 0.0809. The lowest BCUT2D eigenvalue weighted by atomic mass is 9.91. The molecule has 0 spiro atoms. The highest BCUT2D eigenvalue weighted by molar-refractivity contribution is 5.70. The molecule has 1 fully saturated rings. The fourth-order valence-electron chi connectivity index (χ4n) is 15.8. The van der Waals surface area contributed by atoms with Crippen molar-refractivity contribution in [2.24, 2.45) is 29.6 Å². The molecule has 1 saturated carbocycles. The highest BCUT2D eigenvalue weighted by Crippen LogP contribution is 2.49. The summed E-state index contributed by atoms with van der Waals surface area (Å²) in [4.78, 5) is 12.0. The van der Waals surface area contributed by atoms with Gasteiger partial charge in [0.2, 0.25) is 0 Å². The average Bonchev–Trinajstić information content (AvgIpc) is 2.01. The van der Waals surface area contributed by atoms with Crippen LogP contribution in [-0.2, 0) is 4.79 Å². The standard InChI is InChI=1S/C87H172O4/c1-5-7-9-11-13-15-17-19-21-23-24-25-26-27-28-33-40-46-52-58-64-70-76-83(87(90)91)86(89)78-72-66-60-54-48-42-36-35-39-45-51-57-63-69-75-82-79-84(82)80(3)73-67-61-55-49-43-37-32-29-30-34-41-47-53-59-65-71-77-85(88)81(4)74-68-62-56-50-44-38-31-22-20-18-16-14-12-10-8-6-2/h80-86,88-89H,5-79H2,1-4H3,(H,90,91)/t80-,81+,82-,83+,84+,85+,86+/m0/s1. The van der Waals surface area contributed by atoms with E-state index in [1.807, 2.05) is 0 Å². The van der Waals surface area contributed by atoms with Crippen LogP contribution in [0.3, 0.4) is 0 Å². The van der Waals surface area contributed by atoms with Gasteiger partial charge in [-0.1, -0.05) is 477 Å². The van der Waals surface area contributed by atoms with Crippen molar-refractivity contribution >= 4 is 5.97 Å². The van der Waals surface area contributed by atoms with E-state index in [-0.39, 0.29) is 6.10 Å². The van der Waals surface area contributed by atoms with Gasteiger partial charge in [-0.25, -0.2) is 0 Å². The Morgan fingerprint density at radius 2 is 0.484 bits per heavy atom. The van der Waals surface area contributed by atoms with Crippen molar-refractivity contribution in [3.63, 3.8) is 0 Å². The van der Waals surface area contributed by atoms with Gasteiger partial charge in [0.1, 0.15) is 0 Å². The first-order chi connectivity index (χ1) is 44.8. The van der Waals surface area contributed by atoms with Crippen molar-refractivity contribution in [3.05, 3.63) is 0 Å². The van der Waals surface area contributed by atoms with Gasteiger partial charge in [-0.15, -0.1) is 0 Å². The maximum atomic E-state index is 12.0. The summed E-state index contributed by atoms with van der Waals surface area (Å²) >= 11 is 0. The summed E-state index contributed by atoms with van der Waals surface area (Å²) in [5.74, 6) is 2.16. The van der Waals surface area contributed by atoms with Gasteiger partial charge in [-0.05, 0) is 55.8 Å². The zero-order valence-electron chi connectivity index (χ0n) is 63.3. The second kappa shape index (κ2) is 72.1. The van der Waals surface area contributed by atoms with E-state index in [9.17, 15) is 20.1 Å². The quantitative estimate of drug-likeness (QED) is 0.0530. The zero-order chi connectivity index (χ0) is 65.7. The molecular formula is C87H172O4. The lowest BCUT2D eigenvalue weighted by Crippen LogP contribution is -2.28. The lowest BCUT2D eigenvalue weighted by molar-refractivity contribution is -0.146. The van der Waals surface area contributed by atoms with Gasteiger partial charge >= 0.3 is 5.97 Å². The fourth-order valence-corrected chi connectivity index (χ4v) is 15.8. The minimum atomic E-state index is -0.799. The lowest BCUT2D eigenvalue weighted by Gasteiger charge is -2.19. The van der Waals surface area contributed by atoms with Crippen LogP contribution in [0.2, 0.25) is 0 Å². The Labute approximate surface area is 574 Å². The molecule has 4 nitrogen and oxygen atoms in total. The molecule has 4 heteroatoms. The third-order valence-electron chi connectivity index (χ3n) is 22.8. The van der Waals surface area contributed by atoms with Crippen LogP contribution in [-0.4, -0.2) is 33.5 Å². The predicted octanol–water partition coefficient (Wildman–Crippen LogP) is 30.2. The van der Waals surface area contributed by atoms with Crippen LogP contribution in [0.4, 0.5) is 0 Å². The van der Waals surface area contributed by atoms with Crippen LogP contribution in [0.5, 0.6) is 0 Å². The monoisotopic (exact) mass is 1280 g/mol. The summed E-state index contributed by atoms with van der Waals surface area (Å²) in [6.45, 7) is 9.46. The maximum Gasteiger partial charge on any atom is 0.309 e. The van der Waals surface area contributed by atoms with Gasteiger partial charge in [0.05, 0.1) is 18.1 Å². The van der Waals surface area contributed by atoms with Crippen molar-refractivity contribution < 1.29 is 20.1 Å². The second-order valence-corrected chi connectivity index (χ2v) is 31.8. The van der Waals surface area contributed by atoms with Gasteiger partial charge in [-0.3, -0.25) is 4.79 Å². The van der Waals surface area contributed by atoms with E-state index in [4.69, 9.17) is 0 Å². The average molecular weight is 1280 g/mol. The van der Waals surface area contributed by atoms with E-state index in [0.29, 0.717) is 18.8 Å². The van der Waals surface area contributed by atoms with Crippen molar-refractivity contribution in [3.8, 4) is 0 Å². The number of rotatable bonds is 80. The predicted molar refractivity (Wildman–Crippen MR) is 406 cm³/mol. The van der Waals surface area contributed by atoms with Crippen molar-refractivity contribution in [2.45, 2.75) is 521 Å². The topological polar surface area (TPSA) is 77.8 Å². The Morgan fingerprint density at radius 1 is 0.275 bits per heavy atom. The molecule has 0 saturated heterocycles. The highest BCUT2D eigenvalue weighted by Gasteiger charge is 2.39. The zero-order valence-corrected chi connectivity index (χ0v) is 63.3. The van der Waals surface area contributed by atoms with E-state index in [0.717, 1.165) is 49.9 Å². The van der Waals surface area contributed by atoms with Crippen molar-refractivity contribution in [2.75, 3.05) is 0 Å². The number of aliphatic carboxylic acids is 1. The number of carboxylic acids is 1. The molecule has 0 aromatic carbocycles. The summed E-state index contributed by atoms with van der Waals surface area (Å²) in [5.41, 5.74) is 0. The van der Waals surface area contributed by atoms with Crippen molar-refractivity contribution in [1.82, 2.24) is 0 Å². The number of aliphatic hydroxyl groups excluding tert-OH is 2. The SMILES string of the molecule is CCCCCCCCCCCCCCCCCCCCCCCC[C@@H](C(=O)O)[C@H](O)CCCCCCCCCCCCCCCC[C@H]1C[C@@H]1[C@@H](C)CCCCCCCCCCCCCCCCCC[C@@H](O)[C@H](C)CCCCCCCCCCCCCCCCCC. The summed E-state index contributed by atoms with van der Waals surface area (Å²) in [7, 11) is 0. The van der Waals surface area contributed by atoms with Gasteiger partial charge in [0.25, 0.3) is 0 Å². The molecule has 1 aliphatic rings. The molecule has 91 heavy (non-hydrogen) atoms. The van der Waals surface area contributed by atoms with Crippen LogP contribution < -0.4 is 0 Å².